The first kappa shape index (κ1) is 17.9. The Kier molecular flexibility index (Phi) is 5.99. The molecule has 9 heteroatoms. The Labute approximate surface area is 143 Å². The van der Waals surface area contributed by atoms with E-state index in [2.05, 4.69) is 20.6 Å². The fourth-order valence-electron chi connectivity index (χ4n) is 2.02. The second kappa shape index (κ2) is 8.39. The molecule has 0 aliphatic heterocycles. The van der Waals surface area contributed by atoms with Crippen molar-refractivity contribution in [3.8, 4) is 0 Å². The van der Waals surface area contributed by atoms with E-state index in [1.54, 1.807) is 42.7 Å². The number of nitrogens with one attached hydrogen (secondary N) is 2. The molecule has 0 saturated carbocycles. The highest BCUT2D eigenvalue weighted by molar-refractivity contribution is 5.96. The van der Waals surface area contributed by atoms with Gasteiger partial charge in [0, 0.05) is 30.2 Å². The Morgan fingerprint density at radius 1 is 1.12 bits per heavy atom. The molecule has 1 aromatic carbocycles. The Morgan fingerprint density at radius 3 is 2.32 bits per heavy atom. The highest BCUT2D eigenvalue weighted by Gasteiger charge is 2.23. The van der Waals surface area contributed by atoms with Crippen molar-refractivity contribution in [2.24, 2.45) is 11.7 Å². The Morgan fingerprint density at radius 2 is 1.76 bits per heavy atom. The van der Waals surface area contributed by atoms with E-state index in [1.807, 2.05) is 0 Å². The van der Waals surface area contributed by atoms with Crippen LogP contribution in [0.2, 0.25) is 0 Å². The Bertz CT molecular complexity index is 735. The van der Waals surface area contributed by atoms with E-state index in [0.717, 1.165) is 0 Å². The number of carbonyl (C=O) groups excluding carboxylic acids is 2. The van der Waals surface area contributed by atoms with Gasteiger partial charge in [-0.3, -0.25) is 14.4 Å². The number of carboxylic acid groups (broad SMARTS) is 1. The van der Waals surface area contributed by atoms with Crippen molar-refractivity contribution < 1.29 is 19.5 Å². The third-order valence-corrected chi connectivity index (χ3v) is 3.33. The first-order chi connectivity index (χ1) is 12.0. The molecule has 5 N–H and O–H groups in total. The number of aliphatic carboxylic acids is 1. The van der Waals surface area contributed by atoms with Crippen molar-refractivity contribution in [2.45, 2.75) is 6.42 Å². The molecule has 0 saturated heterocycles. The summed E-state index contributed by atoms with van der Waals surface area (Å²) in [6, 6.07) is 8.28. The van der Waals surface area contributed by atoms with Gasteiger partial charge in [0.2, 0.25) is 11.9 Å². The summed E-state index contributed by atoms with van der Waals surface area (Å²) < 4.78 is 0. The maximum Gasteiger partial charge on any atom is 0.316 e. The van der Waals surface area contributed by atoms with E-state index in [4.69, 9.17) is 10.8 Å². The van der Waals surface area contributed by atoms with Gasteiger partial charge in [0.15, 0.2) is 0 Å². The molecule has 1 heterocycles. The molecule has 130 valence electrons. The molecule has 25 heavy (non-hydrogen) atoms. The van der Waals surface area contributed by atoms with Crippen molar-refractivity contribution in [3.63, 3.8) is 0 Å². The lowest BCUT2D eigenvalue weighted by Gasteiger charge is -2.10. The molecule has 1 atom stereocenters. The van der Waals surface area contributed by atoms with Crippen LogP contribution < -0.4 is 16.4 Å². The fraction of sp³-hybridized carbons (Fsp3) is 0.188. The third-order valence-electron chi connectivity index (χ3n) is 3.33. The number of hydrogen-bond acceptors (Lipinski definition) is 6. The average Bonchev–Trinajstić information content (AvgIpc) is 2.59. The maximum absolute atomic E-state index is 12.0. The molecule has 1 unspecified atom stereocenters. The molecule has 0 spiro atoms. The van der Waals surface area contributed by atoms with Gasteiger partial charge in [-0.1, -0.05) is 0 Å². The van der Waals surface area contributed by atoms with Gasteiger partial charge in [0.05, 0.1) is 0 Å². The molecule has 1 aromatic heterocycles. The first-order valence-electron chi connectivity index (χ1n) is 7.42. The summed E-state index contributed by atoms with van der Waals surface area (Å²) in [4.78, 5) is 41.9. The predicted molar refractivity (Wildman–Crippen MR) is 89.0 cm³/mol. The second-order valence-corrected chi connectivity index (χ2v) is 5.11. The first-order valence-corrected chi connectivity index (χ1v) is 7.42. The molecule has 0 aliphatic rings. The molecule has 2 rings (SSSR count). The molecular weight excluding hydrogens is 326 g/mol. The summed E-state index contributed by atoms with van der Waals surface area (Å²) in [6.45, 7) is 0.0244. The number of primary amides is 1. The van der Waals surface area contributed by atoms with Gasteiger partial charge in [-0.15, -0.1) is 0 Å². The molecule has 9 nitrogen and oxygen atoms in total. The lowest BCUT2D eigenvalue weighted by molar-refractivity contribution is -0.146. The lowest BCUT2D eigenvalue weighted by atomic mass is 10.1. The summed E-state index contributed by atoms with van der Waals surface area (Å²) >= 11 is 0. The van der Waals surface area contributed by atoms with E-state index >= 15 is 0 Å². The van der Waals surface area contributed by atoms with Crippen LogP contribution in [0.25, 0.3) is 0 Å². The van der Waals surface area contributed by atoms with E-state index in [-0.39, 0.29) is 18.9 Å². The maximum atomic E-state index is 12.0. The number of carbonyl (C=O) groups is 3. The standard InChI is InChI=1S/C16H17N5O4/c17-13(22)12(15(24)25)6-9-18-14(23)10-2-4-11(5-3-10)21-16-19-7-1-8-20-16/h1-5,7-8,12H,6,9H2,(H2,17,22)(H,18,23)(H,24,25)(H,19,20,21). The van der Waals surface area contributed by atoms with E-state index in [1.165, 1.54) is 0 Å². The van der Waals surface area contributed by atoms with Crippen molar-refractivity contribution in [1.82, 2.24) is 15.3 Å². The zero-order valence-corrected chi connectivity index (χ0v) is 13.2. The van der Waals surface area contributed by atoms with Crippen LogP contribution in [-0.4, -0.2) is 39.4 Å². The van der Waals surface area contributed by atoms with Gasteiger partial charge in [0.1, 0.15) is 5.92 Å². The Hall–Kier alpha value is -3.49. The summed E-state index contributed by atoms with van der Waals surface area (Å²) in [5.74, 6) is -3.50. The molecule has 0 bridgehead atoms. The van der Waals surface area contributed by atoms with E-state index in [9.17, 15) is 14.4 Å². The van der Waals surface area contributed by atoms with Crippen LogP contribution in [0.1, 0.15) is 16.8 Å². The van der Waals surface area contributed by atoms with Crippen molar-refractivity contribution in [3.05, 3.63) is 48.3 Å². The number of anilines is 2. The largest absolute Gasteiger partial charge is 0.481 e. The smallest absolute Gasteiger partial charge is 0.316 e. The van der Waals surface area contributed by atoms with Crippen LogP contribution in [-0.2, 0) is 9.59 Å². The summed E-state index contributed by atoms with van der Waals surface area (Å²) in [7, 11) is 0. The number of carboxylic acids is 1. The van der Waals surface area contributed by atoms with Crippen LogP contribution in [0.5, 0.6) is 0 Å². The van der Waals surface area contributed by atoms with Crippen LogP contribution in [0, 0.1) is 5.92 Å². The number of rotatable bonds is 8. The third kappa shape index (κ3) is 5.27. The number of amides is 2. The molecule has 2 amide bonds. The number of benzene rings is 1. The topological polar surface area (TPSA) is 147 Å². The van der Waals surface area contributed by atoms with Crippen LogP contribution >= 0.6 is 0 Å². The summed E-state index contributed by atoms with van der Waals surface area (Å²) in [5.41, 5.74) is 6.10. The predicted octanol–water partition coefficient (Wildman–Crippen LogP) is 0.526. The average molecular weight is 343 g/mol. The van der Waals surface area contributed by atoms with Crippen molar-refractivity contribution in [2.75, 3.05) is 11.9 Å². The second-order valence-electron chi connectivity index (χ2n) is 5.11. The zero-order valence-electron chi connectivity index (χ0n) is 13.2. The van der Waals surface area contributed by atoms with E-state index in [0.29, 0.717) is 17.2 Å². The van der Waals surface area contributed by atoms with Gasteiger partial charge in [0.25, 0.3) is 5.91 Å². The number of nitrogens with zero attached hydrogens (tertiary/aromatic N) is 2. The van der Waals surface area contributed by atoms with Gasteiger partial charge in [-0.05, 0) is 36.8 Å². The number of nitrogens with two attached hydrogens (primary N) is 1. The van der Waals surface area contributed by atoms with Crippen LogP contribution in [0.3, 0.4) is 0 Å². The SMILES string of the molecule is NC(=O)C(CCNC(=O)c1ccc(Nc2ncccn2)cc1)C(=O)O. The van der Waals surface area contributed by atoms with Crippen molar-refractivity contribution >= 4 is 29.4 Å². The molecule has 2 aromatic rings. The van der Waals surface area contributed by atoms with Gasteiger partial charge >= 0.3 is 5.97 Å². The zero-order chi connectivity index (χ0) is 18.2. The van der Waals surface area contributed by atoms with Gasteiger partial charge in [-0.2, -0.15) is 0 Å². The minimum absolute atomic E-state index is 0.0244. The number of aromatic nitrogens is 2. The minimum Gasteiger partial charge on any atom is -0.481 e. The minimum atomic E-state index is -1.32. The van der Waals surface area contributed by atoms with E-state index < -0.39 is 17.8 Å². The van der Waals surface area contributed by atoms with Gasteiger partial charge < -0.3 is 21.5 Å². The molecule has 0 radical (unpaired) electrons. The fourth-order valence-corrected chi connectivity index (χ4v) is 2.02. The van der Waals surface area contributed by atoms with Crippen LogP contribution in [0.15, 0.2) is 42.7 Å². The highest BCUT2D eigenvalue weighted by Crippen LogP contribution is 2.13. The highest BCUT2D eigenvalue weighted by atomic mass is 16.4. The Balaban J connectivity index is 1.88. The number of hydrogen-bond donors (Lipinski definition) is 4. The van der Waals surface area contributed by atoms with Crippen LogP contribution in [0.4, 0.5) is 11.6 Å². The molecule has 0 aliphatic carbocycles. The molecule has 0 fully saturated rings. The summed E-state index contributed by atoms with van der Waals surface area (Å²) in [5, 5.41) is 14.4. The quantitative estimate of drug-likeness (QED) is 0.511. The van der Waals surface area contributed by atoms with Crippen molar-refractivity contribution in [1.29, 1.82) is 0 Å². The molecular formula is C16H17N5O4. The lowest BCUT2D eigenvalue weighted by Crippen LogP contribution is -2.34. The summed E-state index contributed by atoms with van der Waals surface area (Å²) in [6.07, 6.45) is 3.14. The monoisotopic (exact) mass is 343 g/mol. The van der Waals surface area contributed by atoms with Gasteiger partial charge in [-0.25, -0.2) is 9.97 Å². The normalized spacial score (nSPS) is 11.4.